The fourth-order valence-corrected chi connectivity index (χ4v) is 2.31. The second-order valence-corrected chi connectivity index (χ2v) is 5.81. The maximum Gasteiger partial charge on any atom is 0.269 e. The van der Waals surface area contributed by atoms with Crippen LogP contribution in [-0.4, -0.2) is 42.5 Å². The number of rotatable bonds is 6. The molecule has 0 radical (unpaired) electrons. The molecule has 1 atom stereocenters. The van der Waals surface area contributed by atoms with Crippen molar-refractivity contribution in [1.29, 1.82) is 0 Å². The number of carbonyl (C=O) groups excluding carboxylic acids is 1. The molecule has 4 nitrogen and oxygen atoms in total. The van der Waals surface area contributed by atoms with E-state index in [-0.39, 0.29) is 11.9 Å². The van der Waals surface area contributed by atoms with Gasteiger partial charge in [-0.05, 0) is 38.2 Å². The number of halogens is 1. The Hall–Kier alpha value is -1.91. The van der Waals surface area contributed by atoms with E-state index in [9.17, 15) is 4.79 Å². The lowest BCUT2D eigenvalue weighted by molar-refractivity contribution is 0.0936. The van der Waals surface area contributed by atoms with Crippen LogP contribution in [0.25, 0.3) is 0 Å². The summed E-state index contributed by atoms with van der Waals surface area (Å²) < 4.78 is 0. The predicted molar refractivity (Wildman–Crippen MR) is 89.2 cm³/mol. The zero-order chi connectivity index (χ0) is 15.9. The van der Waals surface area contributed by atoms with Crippen LogP contribution in [0.2, 0.25) is 5.02 Å². The molecule has 1 aromatic carbocycles. The molecule has 0 fully saturated rings. The first-order valence-electron chi connectivity index (χ1n) is 7.16. The minimum atomic E-state index is -0.206. The summed E-state index contributed by atoms with van der Waals surface area (Å²) in [5.74, 6) is -0.206. The van der Waals surface area contributed by atoms with E-state index in [1.54, 1.807) is 12.1 Å². The van der Waals surface area contributed by atoms with Gasteiger partial charge in [-0.25, -0.2) is 0 Å². The van der Waals surface area contributed by atoms with E-state index < -0.39 is 0 Å². The fourth-order valence-electron chi connectivity index (χ4n) is 2.15. The van der Waals surface area contributed by atoms with E-state index in [0.29, 0.717) is 17.3 Å². The Morgan fingerprint density at radius 3 is 2.64 bits per heavy atom. The summed E-state index contributed by atoms with van der Waals surface area (Å²) in [4.78, 5) is 18.3. The van der Waals surface area contributed by atoms with E-state index in [0.717, 1.165) is 6.42 Å². The smallest absolute Gasteiger partial charge is 0.269 e. The summed E-state index contributed by atoms with van der Waals surface area (Å²) in [5.41, 5.74) is 1.58. The van der Waals surface area contributed by atoms with Gasteiger partial charge in [0.15, 0.2) is 0 Å². The fraction of sp³-hybridized carbons (Fsp3) is 0.294. The molecule has 2 rings (SSSR count). The van der Waals surface area contributed by atoms with Crippen LogP contribution in [0.5, 0.6) is 0 Å². The first-order chi connectivity index (χ1) is 10.6. The monoisotopic (exact) mass is 317 g/mol. The van der Waals surface area contributed by atoms with Crippen LogP contribution in [0.4, 0.5) is 0 Å². The van der Waals surface area contributed by atoms with Gasteiger partial charge in [0, 0.05) is 23.8 Å². The minimum absolute atomic E-state index is 0.206. The summed E-state index contributed by atoms with van der Waals surface area (Å²) in [6.45, 7) is 0.551. The molecule has 0 aliphatic rings. The molecule has 1 N–H and O–H groups in total. The number of hydrogen-bond acceptors (Lipinski definition) is 3. The summed E-state index contributed by atoms with van der Waals surface area (Å²) in [7, 11) is 4.02. The van der Waals surface area contributed by atoms with E-state index in [2.05, 4.69) is 27.3 Å². The zero-order valence-electron chi connectivity index (χ0n) is 12.8. The molecule has 1 amide bonds. The van der Waals surface area contributed by atoms with Gasteiger partial charge in [0.05, 0.1) is 0 Å². The Balaban J connectivity index is 1.96. The lowest BCUT2D eigenvalue weighted by Gasteiger charge is -2.24. The predicted octanol–water partition coefficient (Wildman–Crippen LogP) is 2.64. The number of aromatic nitrogens is 1. The number of carbonyl (C=O) groups is 1. The van der Waals surface area contributed by atoms with Gasteiger partial charge >= 0.3 is 0 Å². The van der Waals surface area contributed by atoms with Crippen LogP contribution in [0.1, 0.15) is 16.1 Å². The second kappa shape index (κ2) is 7.92. The van der Waals surface area contributed by atoms with Gasteiger partial charge < -0.3 is 10.2 Å². The zero-order valence-corrected chi connectivity index (χ0v) is 13.5. The minimum Gasteiger partial charge on any atom is -0.349 e. The number of nitrogens with zero attached hydrogens (tertiary/aromatic N) is 2. The van der Waals surface area contributed by atoms with Gasteiger partial charge in [-0.1, -0.05) is 41.9 Å². The van der Waals surface area contributed by atoms with Crippen molar-refractivity contribution in [3.63, 3.8) is 0 Å². The number of likely N-dealkylation sites (N-methyl/N-ethyl adjacent to an activating group) is 1. The molecule has 1 heterocycles. The molecule has 1 unspecified atom stereocenters. The van der Waals surface area contributed by atoms with Crippen LogP contribution in [-0.2, 0) is 6.42 Å². The average Bonchev–Trinajstić information content (AvgIpc) is 2.51. The SMILES string of the molecule is CN(C)C(CNC(=O)c1cc(Cl)ccn1)Cc1ccccc1. The molecule has 0 bridgehead atoms. The average molecular weight is 318 g/mol. The molecule has 22 heavy (non-hydrogen) atoms. The van der Waals surface area contributed by atoms with Crippen LogP contribution in [0.15, 0.2) is 48.7 Å². The van der Waals surface area contributed by atoms with Gasteiger partial charge in [-0.2, -0.15) is 0 Å². The molecule has 0 spiro atoms. The van der Waals surface area contributed by atoms with Crippen molar-refractivity contribution in [2.45, 2.75) is 12.5 Å². The molecule has 0 saturated carbocycles. The number of nitrogens with one attached hydrogen (secondary N) is 1. The van der Waals surface area contributed by atoms with Crippen LogP contribution in [0.3, 0.4) is 0 Å². The highest BCUT2D eigenvalue weighted by Crippen LogP contribution is 2.09. The van der Waals surface area contributed by atoms with Crippen LogP contribution < -0.4 is 5.32 Å². The standard InChI is InChI=1S/C17H20ClN3O/c1-21(2)15(10-13-6-4-3-5-7-13)12-20-17(22)16-11-14(18)8-9-19-16/h3-9,11,15H,10,12H2,1-2H3,(H,20,22). The largest absolute Gasteiger partial charge is 0.349 e. The molecule has 1 aromatic heterocycles. The molecule has 2 aromatic rings. The number of pyridine rings is 1. The summed E-state index contributed by atoms with van der Waals surface area (Å²) >= 11 is 5.88. The van der Waals surface area contributed by atoms with Crippen molar-refractivity contribution in [3.05, 3.63) is 64.9 Å². The Kier molecular flexibility index (Phi) is 5.92. The number of benzene rings is 1. The van der Waals surface area contributed by atoms with Gasteiger partial charge in [-0.3, -0.25) is 9.78 Å². The number of hydrogen-bond donors (Lipinski definition) is 1. The molecule has 0 aliphatic carbocycles. The molecule has 0 saturated heterocycles. The number of amides is 1. The highest BCUT2D eigenvalue weighted by molar-refractivity contribution is 6.30. The lowest BCUT2D eigenvalue weighted by Crippen LogP contribution is -2.41. The maximum absolute atomic E-state index is 12.1. The summed E-state index contributed by atoms with van der Waals surface area (Å²) in [5, 5.41) is 3.43. The van der Waals surface area contributed by atoms with Crippen molar-refractivity contribution in [1.82, 2.24) is 15.2 Å². The van der Waals surface area contributed by atoms with Crippen molar-refractivity contribution in [3.8, 4) is 0 Å². The van der Waals surface area contributed by atoms with Crippen LogP contribution in [0, 0.1) is 0 Å². The third kappa shape index (κ3) is 4.83. The Morgan fingerprint density at radius 1 is 1.27 bits per heavy atom. The topological polar surface area (TPSA) is 45.2 Å². The molecule has 116 valence electrons. The van der Waals surface area contributed by atoms with Gasteiger partial charge in [0.2, 0.25) is 0 Å². The summed E-state index contributed by atoms with van der Waals surface area (Å²) in [6.07, 6.45) is 2.40. The normalized spacial score (nSPS) is 12.2. The first-order valence-corrected chi connectivity index (χ1v) is 7.54. The second-order valence-electron chi connectivity index (χ2n) is 5.38. The van der Waals surface area contributed by atoms with Gasteiger partial charge in [0.25, 0.3) is 5.91 Å². The molecule has 5 heteroatoms. The van der Waals surface area contributed by atoms with Crippen molar-refractivity contribution in [2.24, 2.45) is 0 Å². The van der Waals surface area contributed by atoms with Crippen molar-refractivity contribution in [2.75, 3.05) is 20.6 Å². The maximum atomic E-state index is 12.1. The highest BCUT2D eigenvalue weighted by Gasteiger charge is 2.15. The third-order valence-electron chi connectivity index (χ3n) is 3.50. The lowest BCUT2D eigenvalue weighted by atomic mass is 10.1. The molecular weight excluding hydrogens is 298 g/mol. The Labute approximate surface area is 136 Å². The molecular formula is C17H20ClN3O. The first kappa shape index (κ1) is 16.5. The van der Waals surface area contributed by atoms with Gasteiger partial charge in [-0.15, -0.1) is 0 Å². The van der Waals surface area contributed by atoms with Crippen molar-refractivity contribution < 1.29 is 4.79 Å². The van der Waals surface area contributed by atoms with E-state index >= 15 is 0 Å². The van der Waals surface area contributed by atoms with E-state index in [1.807, 2.05) is 32.3 Å². The highest BCUT2D eigenvalue weighted by atomic mass is 35.5. The quantitative estimate of drug-likeness (QED) is 0.891. The van der Waals surface area contributed by atoms with E-state index in [1.165, 1.54) is 11.8 Å². The van der Waals surface area contributed by atoms with Crippen LogP contribution >= 0.6 is 11.6 Å². The Bertz CT molecular complexity index is 616. The van der Waals surface area contributed by atoms with E-state index in [4.69, 9.17) is 11.6 Å². The van der Waals surface area contributed by atoms with Gasteiger partial charge in [0.1, 0.15) is 5.69 Å². The van der Waals surface area contributed by atoms with Crippen molar-refractivity contribution >= 4 is 17.5 Å². The third-order valence-corrected chi connectivity index (χ3v) is 3.73. The molecule has 0 aliphatic heterocycles. The summed E-state index contributed by atoms with van der Waals surface area (Å²) in [6, 6.07) is 13.7. The Morgan fingerprint density at radius 2 is 2.00 bits per heavy atom.